The maximum absolute atomic E-state index is 12.5. The topological polar surface area (TPSA) is 83.5 Å². The summed E-state index contributed by atoms with van der Waals surface area (Å²) in [6.45, 7) is 5.99. The number of aryl methyl sites for hydroxylation is 1. The third-order valence-corrected chi connectivity index (χ3v) is 3.96. The van der Waals surface area contributed by atoms with E-state index in [-0.39, 0.29) is 17.3 Å². The summed E-state index contributed by atoms with van der Waals surface area (Å²) < 4.78 is 0. The predicted molar refractivity (Wildman–Crippen MR) is 92.9 cm³/mol. The van der Waals surface area contributed by atoms with Crippen molar-refractivity contribution in [3.63, 3.8) is 0 Å². The van der Waals surface area contributed by atoms with Crippen LogP contribution in [-0.2, 0) is 0 Å². The van der Waals surface area contributed by atoms with Crippen LogP contribution in [0.25, 0.3) is 10.8 Å². The highest BCUT2D eigenvalue weighted by atomic mass is 16.4. The molecule has 0 heterocycles. The molecule has 2 rings (SSSR count). The predicted octanol–water partition coefficient (Wildman–Crippen LogP) is 3.58. The number of carbonyl (C=O) groups is 3. The second-order valence-corrected chi connectivity index (χ2v) is 5.68. The van der Waals surface area contributed by atoms with Crippen LogP contribution in [0.5, 0.6) is 0 Å². The van der Waals surface area contributed by atoms with Crippen molar-refractivity contribution < 1.29 is 19.5 Å². The Morgan fingerprint density at radius 1 is 0.958 bits per heavy atom. The number of amides is 1. The van der Waals surface area contributed by atoms with Crippen LogP contribution in [0, 0.1) is 6.92 Å². The minimum atomic E-state index is -1.11. The fraction of sp³-hybridized carbons (Fsp3) is 0.316. The molecule has 0 aromatic heterocycles. The largest absolute Gasteiger partial charge is 0.478 e. The minimum absolute atomic E-state index is 0.0428. The van der Waals surface area contributed by atoms with Crippen molar-refractivity contribution in [2.45, 2.75) is 33.6 Å². The van der Waals surface area contributed by atoms with Crippen LogP contribution in [-0.4, -0.2) is 29.3 Å². The molecule has 0 aliphatic carbocycles. The van der Waals surface area contributed by atoms with Gasteiger partial charge in [0.15, 0.2) is 5.78 Å². The van der Waals surface area contributed by atoms with Gasteiger partial charge in [-0.2, -0.15) is 0 Å². The normalized spacial score (nSPS) is 10.6. The number of carboxylic acids is 1. The molecule has 24 heavy (non-hydrogen) atoms. The van der Waals surface area contributed by atoms with E-state index >= 15 is 0 Å². The first-order valence-electron chi connectivity index (χ1n) is 8.03. The van der Waals surface area contributed by atoms with Crippen molar-refractivity contribution in [3.8, 4) is 0 Å². The molecule has 2 N–H and O–H groups in total. The lowest BCUT2D eigenvalue weighted by molar-refractivity contribution is 0.0698. The number of rotatable bonds is 6. The van der Waals surface area contributed by atoms with Gasteiger partial charge in [0.1, 0.15) is 0 Å². The molecule has 2 aromatic rings. The van der Waals surface area contributed by atoms with Crippen LogP contribution in [0.2, 0.25) is 0 Å². The summed E-state index contributed by atoms with van der Waals surface area (Å²) in [5.41, 5.74) is 1.56. The average Bonchev–Trinajstić information content (AvgIpc) is 2.54. The van der Waals surface area contributed by atoms with Gasteiger partial charge in [-0.25, -0.2) is 4.79 Å². The lowest BCUT2D eigenvalue weighted by atomic mass is 9.89. The first kappa shape index (κ1) is 17.7. The van der Waals surface area contributed by atoms with Gasteiger partial charge in [-0.1, -0.05) is 13.0 Å². The highest BCUT2D eigenvalue weighted by molar-refractivity contribution is 6.20. The number of ketones is 1. The summed E-state index contributed by atoms with van der Waals surface area (Å²) in [5.74, 6) is -1.50. The van der Waals surface area contributed by atoms with Gasteiger partial charge in [-0.15, -0.1) is 0 Å². The van der Waals surface area contributed by atoms with Gasteiger partial charge < -0.3 is 10.4 Å². The molecule has 0 spiro atoms. The second-order valence-electron chi connectivity index (χ2n) is 5.68. The van der Waals surface area contributed by atoms with E-state index in [1.807, 2.05) is 20.8 Å². The van der Waals surface area contributed by atoms with Gasteiger partial charge >= 0.3 is 5.97 Å². The van der Waals surface area contributed by atoms with Gasteiger partial charge in [-0.05, 0) is 49.4 Å². The van der Waals surface area contributed by atoms with Crippen molar-refractivity contribution in [1.29, 1.82) is 0 Å². The van der Waals surface area contributed by atoms with E-state index in [0.717, 1.165) is 5.56 Å². The molecule has 0 unspecified atom stereocenters. The molecule has 0 aliphatic rings. The van der Waals surface area contributed by atoms with E-state index in [2.05, 4.69) is 5.32 Å². The first-order valence-corrected chi connectivity index (χ1v) is 8.03. The first-order chi connectivity index (χ1) is 11.4. The standard InChI is InChI=1S/C19H21NO4/c1-4-6-15(21)12-9-10-13(18(22)20-5-2)16-11(3)7-8-14(17(12)16)19(23)24/h7-10H,4-6H2,1-3H3,(H,20,22)(H,23,24). The van der Waals surface area contributed by atoms with Gasteiger partial charge in [0.05, 0.1) is 5.56 Å². The van der Waals surface area contributed by atoms with Crippen molar-refractivity contribution in [2.75, 3.05) is 6.54 Å². The van der Waals surface area contributed by atoms with Gasteiger partial charge in [0, 0.05) is 29.5 Å². The Hall–Kier alpha value is -2.69. The zero-order chi connectivity index (χ0) is 17.9. The van der Waals surface area contributed by atoms with Gasteiger partial charge in [-0.3, -0.25) is 9.59 Å². The zero-order valence-corrected chi connectivity index (χ0v) is 14.1. The minimum Gasteiger partial charge on any atom is -0.478 e. The van der Waals surface area contributed by atoms with Crippen LogP contribution >= 0.6 is 0 Å². The van der Waals surface area contributed by atoms with E-state index in [0.29, 0.717) is 41.3 Å². The lowest BCUT2D eigenvalue weighted by Crippen LogP contribution is -2.23. The number of aromatic carboxylic acids is 1. The summed E-state index contributed by atoms with van der Waals surface area (Å²) in [5, 5.41) is 13.1. The Morgan fingerprint density at radius 3 is 2.17 bits per heavy atom. The Kier molecular flexibility index (Phi) is 5.34. The van der Waals surface area contributed by atoms with Crippen molar-refractivity contribution in [3.05, 3.63) is 46.5 Å². The van der Waals surface area contributed by atoms with E-state index in [1.165, 1.54) is 6.07 Å². The van der Waals surface area contributed by atoms with Crippen LogP contribution < -0.4 is 5.32 Å². The summed E-state index contributed by atoms with van der Waals surface area (Å²) in [4.78, 5) is 36.5. The third kappa shape index (κ3) is 3.15. The van der Waals surface area contributed by atoms with Crippen LogP contribution in [0.3, 0.4) is 0 Å². The summed E-state index contributed by atoms with van der Waals surface area (Å²) in [6, 6.07) is 6.33. The molecule has 0 aliphatic heterocycles. The van der Waals surface area contributed by atoms with Gasteiger partial charge in [0.2, 0.25) is 0 Å². The number of benzene rings is 2. The molecule has 0 atom stereocenters. The van der Waals surface area contributed by atoms with E-state index in [9.17, 15) is 19.5 Å². The molecule has 126 valence electrons. The molecule has 1 amide bonds. The molecular formula is C19H21NO4. The zero-order valence-electron chi connectivity index (χ0n) is 14.1. The Bertz CT molecular complexity index is 824. The maximum atomic E-state index is 12.5. The quantitative estimate of drug-likeness (QED) is 0.794. The number of carbonyl (C=O) groups excluding carboxylic acids is 2. The molecular weight excluding hydrogens is 306 g/mol. The number of Topliss-reactive ketones (excluding diaryl/α,β-unsaturated/α-hetero) is 1. The van der Waals surface area contributed by atoms with Crippen molar-refractivity contribution >= 4 is 28.4 Å². The summed E-state index contributed by atoms with van der Waals surface area (Å²) >= 11 is 0. The third-order valence-electron chi connectivity index (χ3n) is 3.96. The van der Waals surface area contributed by atoms with Gasteiger partial charge in [0.25, 0.3) is 5.91 Å². The lowest BCUT2D eigenvalue weighted by Gasteiger charge is -2.15. The number of nitrogens with one attached hydrogen (secondary N) is 1. The molecule has 0 bridgehead atoms. The van der Waals surface area contributed by atoms with E-state index in [4.69, 9.17) is 0 Å². The van der Waals surface area contributed by atoms with Crippen LogP contribution in [0.1, 0.15) is 63.3 Å². The number of fused-ring (bicyclic) bond motifs is 1. The SMILES string of the molecule is CCCC(=O)c1ccc(C(=O)NCC)c2c(C)ccc(C(=O)O)c12. The molecule has 0 saturated carbocycles. The Labute approximate surface area is 140 Å². The molecule has 0 radical (unpaired) electrons. The molecule has 5 nitrogen and oxygen atoms in total. The monoisotopic (exact) mass is 327 g/mol. The molecule has 2 aromatic carbocycles. The second kappa shape index (κ2) is 7.25. The Morgan fingerprint density at radius 2 is 1.58 bits per heavy atom. The maximum Gasteiger partial charge on any atom is 0.336 e. The highest BCUT2D eigenvalue weighted by Gasteiger charge is 2.21. The number of hydrogen-bond donors (Lipinski definition) is 2. The number of carboxylic acid groups (broad SMARTS) is 1. The molecule has 0 fully saturated rings. The Balaban J connectivity index is 2.89. The average molecular weight is 327 g/mol. The van der Waals surface area contributed by atoms with Crippen LogP contribution in [0.4, 0.5) is 0 Å². The van der Waals surface area contributed by atoms with E-state index < -0.39 is 5.97 Å². The number of hydrogen-bond acceptors (Lipinski definition) is 3. The van der Waals surface area contributed by atoms with Crippen molar-refractivity contribution in [2.24, 2.45) is 0 Å². The fourth-order valence-corrected chi connectivity index (χ4v) is 2.88. The molecule has 0 saturated heterocycles. The van der Waals surface area contributed by atoms with Crippen LogP contribution in [0.15, 0.2) is 24.3 Å². The fourth-order valence-electron chi connectivity index (χ4n) is 2.88. The summed E-state index contributed by atoms with van der Waals surface area (Å²) in [7, 11) is 0. The summed E-state index contributed by atoms with van der Waals surface area (Å²) in [6.07, 6.45) is 1.01. The van der Waals surface area contributed by atoms with Crippen molar-refractivity contribution in [1.82, 2.24) is 5.32 Å². The highest BCUT2D eigenvalue weighted by Crippen LogP contribution is 2.30. The molecule has 5 heteroatoms. The van der Waals surface area contributed by atoms with E-state index in [1.54, 1.807) is 18.2 Å². The smallest absolute Gasteiger partial charge is 0.336 e.